The molecule has 32 heavy (non-hydrogen) atoms. The lowest BCUT2D eigenvalue weighted by Crippen LogP contribution is -2.48. The van der Waals surface area contributed by atoms with E-state index in [4.69, 9.17) is 4.74 Å². The fraction of sp³-hybridized carbons (Fsp3) is 0.231. The quantitative estimate of drug-likeness (QED) is 0.459. The van der Waals surface area contributed by atoms with E-state index in [1.807, 2.05) is 24.3 Å². The van der Waals surface area contributed by atoms with Gasteiger partial charge in [-0.15, -0.1) is 0 Å². The van der Waals surface area contributed by atoms with Crippen molar-refractivity contribution in [1.82, 2.24) is 9.80 Å². The zero-order chi connectivity index (χ0) is 22.2. The van der Waals surface area contributed by atoms with Crippen LogP contribution in [0.15, 0.2) is 84.9 Å². The molecule has 0 saturated carbocycles. The van der Waals surface area contributed by atoms with Gasteiger partial charge >= 0.3 is 5.97 Å². The minimum atomic E-state index is -0.275. The molecule has 0 aromatic heterocycles. The number of ether oxygens (including phenoxy) is 1. The lowest BCUT2D eigenvalue weighted by molar-refractivity contribution is -0.136. The van der Waals surface area contributed by atoms with E-state index in [1.54, 1.807) is 36.4 Å². The number of anilines is 1. The number of rotatable bonds is 7. The fourth-order valence-corrected chi connectivity index (χ4v) is 3.69. The molecular formula is C26H27N3O3. The van der Waals surface area contributed by atoms with Gasteiger partial charge in [0.05, 0.1) is 6.54 Å². The first-order valence-corrected chi connectivity index (χ1v) is 10.8. The van der Waals surface area contributed by atoms with Gasteiger partial charge in [-0.25, -0.2) is 0 Å². The second-order valence-corrected chi connectivity index (χ2v) is 7.86. The van der Waals surface area contributed by atoms with Gasteiger partial charge in [-0.3, -0.25) is 19.4 Å². The normalized spacial score (nSPS) is 14.6. The molecule has 0 unspecified atom stereocenters. The van der Waals surface area contributed by atoms with Gasteiger partial charge in [0.1, 0.15) is 5.75 Å². The molecule has 0 bridgehead atoms. The van der Waals surface area contributed by atoms with Gasteiger partial charge < -0.3 is 10.1 Å². The molecule has 6 heteroatoms. The van der Waals surface area contributed by atoms with Crippen LogP contribution in [0.5, 0.6) is 5.75 Å². The van der Waals surface area contributed by atoms with Gasteiger partial charge in [0.15, 0.2) is 0 Å². The molecular weight excluding hydrogens is 402 g/mol. The summed E-state index contributed by atoms with van der Waals surface area (Å²) in [5.74, 6) is 0.0137. The third-order valence-electron chi connectivity index (χ3n) is 5.45. The zero-order valence-corrected chi connectivity index (χ0v) is 17.9. The highest BCUT2D eigenvalue weighted by Crippen LogP contribution is 2.17. The molecule has 1 aliphatic rings. The van der Waals surface area contributed by atoms with Crippen LogP contribution in [-0.2, 0) is 11.3 Å². The Balaban J connectivity index is 1.20. The highest BCUT2D eigenvalue weighted by molar-refractivity contribution is 6.04. The number of esters is 1. The molecule has 0 atom stereocenters. The first-order valence-electron chi connectivity index (χ1n) is 10.8. The monoisotopic (exact) mass is 429 g/mol. The van der Waals surface area contributed by atoms with Crippen molar-refractivity contribution in [3.63, 3.8) is 0 Å². The van der Waals surface area contributed by atoms with Crippen molar-refractivity contribution in [3.05, 3.63) is 96.1 Å². The Kier molecular flexibility index (Phi) is 7.27. The summed E-state index contributed by atoms with van der Waals surface area (Å²) in [6.45, 7) is 4.74. The Labute approximate surface area is 188 Å². The second-order valence-electron chi connectivity index (χ2n) is 7.86. The summed E-state index contributed by atoms with van der Waals surface area (Å²) >= 11 is 0. The molecule has 1 N–H and O–H groups in total. The Morgan fingerprint density at radius 2 is 1.34 bits per heavy atom. The maximum atomic E-state index is 12.4. The van der Waals surface area contributed by atoms with Crippen LogP contribution in [0.1, 0.15) is 15.9 Å². The van der Waals surface area contributed by atoms with E-state index in [0.29, 0.717) is 17.0 Å². The van der Waals surface area contributed by atoms with Gasteiger partial charge in [0.2, 0.25) is 0 Å². The largest absolute Gasteiger partial charge is 0.426 e. The predicted octanol–water partition coefficient (Wildman–Crippen LogP) is 3.66. The number of benzene rings is 3. The van der Waals surface area contributed by atoms with Crippen LogP contribution >= 0.6 is 0 Å². The van der Waals surface area contributed by atoms with Gasteiger partial charge in [-0.1, -0.05) is 48.5 Å². The molecule has 1 aliphatic heterocycles. The maximum Gasteiger partial charge on any atom is 0.325 e. The summed E-state index contributed by atoms with van der Waals surface area (Å²) in [6, 6.07) is 26.3. The number of amides is 1. The van der Waals surface area contributed by atoms with E-state index in [0.717, 1.165) is 32.7 Å². The molecule has 1 saturated heterocycles. The van der Waals surface area contributed by atoms with Crippen LogP contribution in [-0.4, -0.2) is 54.4 Å². The molecule has 6 nitrogen and oxygen atoms in total. The topological polar surface area (TPSA) is 61.9 Å². The van der Waals surface area contributed by atoms with E-state index in [9.17, 15) is 9.59 Å². The third-order valence-corrected chi connectivity index (χ3v) is 5.45. The molecule has 1 fully saturated rings. The Bertz CT molecular complexity index is 1020. The summed E-state index contributed by atoms with van der Waals surface area (Å²) in [5, 5.41) is 2.83. The highest BCUT2D eigenvalue weighted by Gasteiger charge is 2.20. The van der Waals surface area contributed by atoms with Crippen LogP contribution in [0, 0.1) is 0 Å². The number of hydrogen-bond acceptors (Lipinski definition) is 5. The SMILES string of the molecule is O=C(CN1CCN(Cc2ccccc2)CC1)Oc1ccc(NC(=O)c2ccccc2)cc1. The summed E-state index contributed by atoms with van der Waals surface area (Å²) < 4.78 is 5.48. The molecule has 0 aliphatic carbocycles. The van der Waals surface area contributed by atoms with Crippen molar-refractivity contribution in [2.75, 3.05) is 38.0 Å². The maximum absolute atomic E-state index is 12.4. The molecule has 164 valence electrons. The minimum absolute atomic E-state index is 0.179. The summed E-state index contributed by atoms with van der Waals surface area (Å²) in [6.07, 6.45) is 0. The molecule has 1 heterocycles. The van der Waals surface area contributed by atoms with Gasteiger partial charge in [0, 0.05) is 44.0 Å². The Morgan fingerprint density at radius 3 is 2.00 bits per heavy atom. The van der Waals surface area contributed by atoms with Crippen molar-refractivity contribution in [2.24, 2.45) is 0 Å². The van der Waals surface area contributed by atoms with E-state index in [2.05, 4.69) is 39.4 Å². The number of piperazine rings is 1. The molecule has 4 rings (SSSR count). The number of carbonyl (C=O) groups excluding carboxylic acids is 2. The van der Waals surface area contributed by atoms with Crippen LogP contribution < -0.4 is 10.1 Å². The van der Waals surface area contributed by atoms with Gasteiger partial charge in [0.25, 0.3) is 5.91 Å². The van der Waals surface area contributed by atoms with E-state index in [1.165, 1.54) is 5.56 Å². The van der Waals surface area contributed by atoms with Gasteiger partial charge in [-0.2, -0.15) is 0 Å². The van der Waals surface area contributed by atoms with Crippen LogP contribution in [0.25, 0.3) is 0 Å². The average Bonchev–Trinajstić information content (AvgIpc) is 2.83. The smallest absolute Gasteiger partial charge is 0.325 e. The number of hydrogen-bond donors (Lipinski definition) is 1. The zero-order valence-electron chi connectivity index (χ0n) is 17.9. The van der Waals surface area contributed by atoms with Gasteiger partial charge in [-0.05, 0) is 42.0 Å². The molecule has 0 spiro atoms. The summed E-state index contributed by atoms with van der Waals surface area (Å²) in [4.78, 5) is 29.1. The standard InChI is InChI=1S/C26H27N3O3/c30-25(20-29-17-15-28(16-18-29)19-21-7-3-1-4-8-21)32-24-13-11-23(12-14-24)27-26(31)22-9-5-2-6-10-22/h1-14H,15-20H2,(H,27,31). The minimum Gasteiger partial charge on any atom is -0.426 e. The number of carbonyl (C=O) groups is 2. The second kappa shape index (κ2) is 10.7. The number of nitrogens with one attached hydrogen (secondary N) is 1. The van der Waals surface area contributed by atoms with Crippen LogP contribution in [0.3, 0.4) is 0 Å². The molecule has 3 aromatic carbocycles. The van der Waals surface area contributed by atoms with Crippen molar-refractivity contribution in [1.29, 1.82) is 0 Å². The van der Waals surface area contributed by atoms with Crippen molar-refractivity contribution in [2.45, 2.75) is 6.54 Å². The summed E-state index contributed by atoms with van der Waals surface area (Å²) in [7, 11) is 0. The highest BCUT2D eigenvalue weighted by atomic mass is 16.5. The predicted molar refractivity (Wildman–Crippen MR) is 125 cm³/mol. The Morgan fingerprint density at radius 1 is 0.750 bits per heavy atom. The van der Waals surface area contributed by atoms with Crippen molar-refractivity contribution >= 4 is 17.6 Å². The van der Waals surface area contributed by atoms with E-state index < -0.39 is 0 Å². The Hall–Kier alpha value is -3.48. The third kappa shape index (κ3) is 6.26. The van der Waals surface area contributed by atoms with Crippen molar-refractivity contribution < 1.29 is 14.3 Å². The lowest BCUT2D eigenvalue weighted by atomic mass is 10.2. The number of nitrogens with zero attached hydrogens (tertiary/aromatic N) is 2. The first kappa shape index (κ1) is 21.7. The van der Waals surface area contributed by atoms with Crippen LogP contribution in [0.4, 0.5) is 5.69 Å². The van der Waals surface area contributed by atoms with Crippen LogP contribution in [0.2, 0.25) is 0 Å². The van der Waals surface area contributed by atoms with Crippen molar-refractivity contribution in [3.8, 4) is 5.75 Å². The fourth-order valence-electron chi connectivity index (χ4n) is 3.69. The van der Waals surface area contributed by atoms with E-state index >= 15 is 0 Å². The van der Waals surface area contributed by atoms with E-state index in [-0.39, 0.29) is 18.4 Å². The first-order chi connectivity index (χ1) is 15.7. The molecule has 1 amide bonds. The molecule has 3 aromatic rings. The summed E-state index contributed by atoms with van der Waals surface area (Å²) in [5.41, 5.74) is 2.55. The average molecular weight is 430 g/mol. The molecule has 0 radical (unpaired) electrons. The lowest BCUT2D eigenvalue weighted by Gasteiger charge is -2.34.